The summed E-state index contributed by atoms with van der Waals surface area (Å²) in [5, 5.41) is 9.30. The summed E-state index contributed by atoms with van der Waals surface area (Å²) < 4.78 is 0. The molecule has 1 aromatic rings. The molecule has 1 aromatic carbocycles. The van der Waals surface area contributed by atoms with Crippen molar-refractivity contribution in [3.8, 4) is 5.75 Å². The largest absolute Gasteiger partial charge is 0.507 e. The van der Waals surface area contributed by atoms with Crippen LogP contribution in [0.4, 0.5) is 0 Å². The van der Waals surface area contributed by atoms with Crippen LogP contribution in [0, 0.1) is 5.41 Å². The number of hydrogen-bond acceptors (Lipinski definition) is 2. The van der Waals surface area contributed by atoms with Crippen molar-refractivity contribution in [2.24, 2.45) is 5.41 Å². The lowest BCUT2D eigenvalue weighted by Crippen LogP contribution is -2.09. The standard InChI is InChI=1S/C12H16O2/c1-12(2,3)7-9-4-5-11(14)10(6-9)8-13/h4-6,8,14H,7H2,1-3H3. The summed E-state index contributed by atoms with van der Waals surface area (Å²) in [4.78, 5) is 10.6. The molecule has 0 aliphatic carbocycles. The Morgan fingerprint density at radius 1 is 1.36 bits per heavy atom. The number of carbonyl (C=O) groups is 1. The van der Waals surface area contributed by atoms with Gasteiger partial charge in [0.2, 0.25) is 0 Å². The fourth-order valence-electron chi connectivity index (χ4n) is 1.42. The van der Waals surface area contributed by atoms with Crippen LogP contribution in [0.1, 0.15) is 36.7 Å². The molecule has 0 saturated carbocycles. The van der Waals surface area contributed by atoms with E-state index >= 15 is 0 Å². The Morgan fingerprint density at radius 3 is 2.50 bits per heavy atom. The molecule has 0 aliphatic rings. The predicted octanol–water partition coefficient (Wildman–Crippen LogP) is 2.79. The Hall–Kier alpha value is -1.31. The van der Waals surface area contributed by atoms with Gasteiger partial charge in [-0.25, -0.2) is 0 Å². The van der Waals surface area contributed by atoms with Crippen LogP contribution in [0.2, 0.25) is 0 Å². The van der Waals surface area contributed by atoms with E-state index in [0.717, 1.165) is 12.0 Å². The number of aldehydes is 1. The van der Waals surface area contributed by atoms with E-state index in [-0.39, 0.29) is 11.2 Å². The minimum atomic E-state index is 0.0534. The number of carbonyl (C=O) groups excluding carboxylic acids is 1. The van der Waals surface area contributed by atoms with Crippen LogP contribution in [0.25, 0.3) is 0 Å². The van der Waals surface area contributed by atoms with E-state index in [2.05, 4.69) is 20.8 Å². The van der Waals surface area contributed by atoms with Crippen molar-refractivity contribution in [2.75, 3.05) is 0 Å². The van der Waals surface area contributed by atoms with Gasteiger partial charge < -0.3 is 5.11 Å². The molecule has 0 aliphatic heterocycles. The average Bonchev–Trinajstić information content (AvgIpc) is 2.06. The van der Waals surface area contributed by atoms with E-state index in [4.69, 9.17) is 0 Å². The first-order valence-corrected chi connectivity index (χ1v) is 4.69. The van der Waals surface area contributed by atoms with Gasteiger partial charge in [-0.2, -0.15) is 0 Å². The molecule has 14 heavy (non-hydrogen) atoms. The van der Waals surface area contributed by atoms with E-state index < -0.39 is 0 Å². The highest BCUT2D eigenvalue weighted by molar-refractivity contribution is 5.79. The van der Waals surface area contributed by atoms with Gasteiger partial charge in [0, 0.05) is 0 Å². The summed E-state index contributed by atoms with van der Waals surface area (Å²) in [6.07, 6.45) is 1.58. The monoisotopic (exact) mass is 192 g/mol. The molecule has 76 valence electrons. The SMILES string of the molecule is CC(C)(C)Cc1ccc(O)c(C=O)c1. The average molecular weight is 192 g/mol. The number of rotatable bonds is 2. The van der Waals surface area contributed by atoms with E-state index in [1.54, 1.807) is 12.1 Å². The lowest BCUT2D eigenvalue weighted by atomic mass is 9.88. The second kappa shape index (κ2) is 3.82. The molecule has 1 N–H and O–H groups in total. The zero-order valence-electron chi connectivity index (χ0n) is 8.87. The zero-order chi connectivity index (χ0) is 10.8. The number of phenolic OH excluding ortho intramolecular Hbond substituents is 1. The van der Waals surface area contributed by atoms with Gasteiger partial charge >= 0.3 is 0 Å². The van der Waals surface area contributed by atoms with Gasteiger partial charge in [-0.1, -0.05) is 26.8 Å². The van der Waals surface area contributed by atoms with Crippen molar-refractivity contribution in [3.63, 3.8) is 0 Å². The summed E-state index contributed by atoms with van der Waals surface area (Å²) in [5.74, 6) is 0.0534. The zero-order valence-corrected chi connectivity index (χ0v) is 8.87. The molecule has 2 heteroatoms. The number of aromatic hydroxyl groups is 1. The fraction of sp³-hybridized carbons (Fsp3) is 0.417. The summed E-state index contributed by atoms with van der Waals surface area (Å²) in [5.41, 5.74) is 1.64. The van der Waals surface area contributed by atoms with Crippen LogP contribution in [0.15, 0.2) is 18.2 Å². The second-order valence-corrected chi connectivity index (χ2v) is 4.75. The molecule has 0 heterocycles. The Labute approximate surface area is 84.6 Å². The summed E-state index contributed by atoms with van der Waals surface area (Å²) in [6.45, 7) is 6.42. The normalized spacial score (nSPS) is 11.4. The van der Waals surface area contributed by atoms with Crippen LogP contribution in [-0.4, -0.2) is 11.4 Å². The molecule has 1 rings (SSSR count). The Kier molecular flexibility index (Phi) is 2.94. The lowest BCUT2D eigenvalue weighted by Gasteiger charge is -2.18. The van der Waals surface area contributed by atoms with Gasteiger partial charge in [0.15, 0.2) is 6.29 Å². The number of phenols is 1. The predicted molar refractivity (Wildman–Crippen MR) is 56.7 cm³/mol. The molecular weight excluding hydrogens is 176 g/mol. The first kappa shape index (κ1) is 10.8. The maximum Gasteiger partial charge on any atom is 0.153 e. The Balaban J connectivity index is 2.95. The van der Waals surface area contributed by atoms with E-state index in [1.165, 1.54) is 0 Å². The molecule has 0 unspecified atom stereocenters. The summed E-state index contributed by atoms with van der Waals surface area (Å²) in [6, 6.07) is 5.17. The molecule has 0 spiro atoms. The smallest absolute Gasteiger partial charge is 0.153 e. The van der Waals surface area contributed by atoms with Crippen LogP contribution in [-0.2, 0) is 6.42 Å². The highest BCUT2D eigenvalue weighted by Gasteiger charge is 2.12. The highest BCUT2D eigenvalue weighted by Crippen LogP contribution is 2.23. The van der Waals surface area contributed by atoms with E-state index in [9.17, 15) is 9.90 Å². The Morgan fingerprint density at radius 2 is 2.00 bits per heavy atom. The second-order valence-electron chi connectivity index (χ2n) is 4.75. The molecule has 0 bridgehead atoms. The van der Waals surface area contributed by atoms with Crippen LogP contribution in [0.3, 0.4) is 0 Å². The topological polar surface area (TPSA) is 37.3 Å². The summed E-state index contributed by atoms with van der Waals surface area (Å²) >= 11 is 0. The molecule has 0 amide bonds. The van der Waals surface area contributed by atoms with E-state index in [1.807, 2.05) is 6.07 Å². The van der Waals surface area contributed by atoms with Crippen molar-refractivity contribution >= 4 is 6.29 Å². The lowest BCUT2D eigenvalue weighted by molar-refractivity contribution is 0.112. The minimum Gasteiger partial charge on any atom is -0.507 e. The molecule has 0 atom stereocenters. The molecule has 0 fully saturated rings. The van der Waals surface area contributed by atoms with Gasteiger partial charge in [0.25, 0.3) is 0 Å². The van der Waals surface area contributed by atoms with Gasteiger partial charge in [0.05, 0.1) is 5.56 Å². The van der Waals surface area contributed by atoms with Gasteiger partial charge in [0.1, 0.15) is 5.75 Å². The maximum absolute atomic E-state index is 10.6. The molecule has 2 nitrogen and oxygen atoms in total. The summed E-state index contributed by atoms with van der Waals surface area (Å²) in [7, 11) is 0. The molecule has 0 saturated heterocycles. The van der Waals surface area contributed by atoms with Crippen LogP contribution >= 0.6 is 0 Å². The van der Waals surface area contributed by atoms with Crippen LogP contribution < -0.4 is 0 Å². The third-order valence-corrected chi connectivity index (χ3v) is 1.95. The quantitative estimate of drug-likeness (QED) is 0.731. The molecule has 0 radical (unpaired) electrons. The number of benzene rings is 1. The van der Waals surface area contributed by atoms with E-state index in [0.29, 0.717) is 11.8 Å². The molecule has 0 aromatic heterocycles. The van der Waals surface area contributed by atoms with Gasteiger partial charge in [-0.15, -0.1) is 0 Å². The van der Waals surface area contributed by atoms with Crippen molar-refractivity contribution in [2.45, 2.75) is 27.2 Å². The van der Waals surface area contributed by atoms with Crippen molar-refractivity contribution < 1.29 is 9.90 Å². The first-order chi connectivity index (χ1) is 6.42. The maximum atomic E-state index is 10.6. The third kappa shape index (κ3) is 2.87. The fourth-order valence-corrected chi connectivity index (χ4v) is 1.42. The van der Waals surface area contributed by atoms with Crippen molar-refractivity contribution in [1.29, 1.82) is 0 Å². The van der Waals surface area contributed by atoms with Gasteiger partial charge in [-0.3, -0.25) is 4.79 Å². The molecular formula is C12H16O2. The number of hydrogen-bond donors (Lipinski definition) is 1. The van der Waals surface area contributed by atoms with Crippen molar-refractivity contribution in [1.82, 2.24) is 0 Å². The highest BCUT2D eigenvalue weighted by atomic mass is 16.3. The first-order valence-electron chi connectivity index (χ1n) is 4.69. The minimum absolute atomic E-state index is 0.0534. The Bertz CT molecular complexity index is 335. The van der Waals surface area contributed by atoms with Gasteiger partial charge in [-0.05, 0) is 29.5 Å². The van der Waals surface area contributed by atoms with Crippen molar-refractivity contribution in [3.05, 3.63) is 29.3 Å². The van der Waals surface area contributed by atoms with Crippen LogP contribution in [0.5, 0.6) is 5.75 Å². The third-order valence-electron chi connectivity index (χ3n) is 1.95.